The molecule has 2 amide bonds. The highest BCUT2D eigenvalue weighted by atomic mass is 16.6. The maximum absolute atomic E-state index is 12.5. The first-order valence-electron chi connectivity index (χ1n) is 10.5. The van der Waals surface area contributed by atoms with Crippen molar-refractivity contribution in [1.29, 1.82) is 0 Å². The summed E-state index contributed by atoms with van der Waals surface area (Å²) in [5.74, 6) is -0.0688. The van der Waals surface area contributed by atoms with Gasteiger partial charge in [-0.05, 0) is 74.2 Å². The number of benzene rings is 1. The van der Waals surface area contributed by atoms with Crippen molar-refractivity contribution in [3.05, 3.63) is 46.6 Å². The molecule has 1 aromatic carbocycles. The van der Waals surface area contributed by atoms with Crippen molar-refractivity contribution in [3.63, 3.8) is 0 Å². The molecule has 0 radical (unpaired) electrons. The molecular weight excluding hydrogens is 430 g/mol. The van der Waals surface area contributed by atoms with E-state index < -0.39 is 23.3 Å². The van der Waals surface area contributed by atoms with Crippen LogP contribution in [0.1, 0.15) is 44.1 Å². The predicted molar refractivity (Wildman–Crippen MR) is 116 cm³/mol. The zero-order chi connectivity index (χ0) is 23.6. The Bertz CT molecular complexity index is 1180. The molecule has 0 spiro atoms. The molecule has 1 aliphatic rings. The van der Waals surface area contributed by atoms with Gasteiger partial charge in [0, 0.05) is 18.3 Å². The second-order valence-electron chi connectivity index (χ2n) is 8.93. The lowest BCUT2D eigenvalue weighted by atomic mass is 9.80. The Morgan fingerprint density at radius 2 is 1.91 bits per heavy atom. The van der Waals surface area contributed by atoms with Crippen molar-refractivity contribution in [2.24, 2.45) is 5.92 Å². The highest BCUT2D eigenvalue weighted by Crippen LogP contribution is 2.29. The number of amides is 2. The van der Waals surface area contributed by atoms with Gasteiger partial charge in [-0.2, -0.15) is 4.68 Å². The number of alkyl carbamates (subject to hydrolysis) is 1. The molecule has 1 aliphatic carbocycles. The molecule has 13 heteroatoms. The van der Waals surface area contributed by atoms with Crippen molar-refractivity contribution < 1.29 is 14.3 Å². The number of aromatic nitrogens is 7. The molecule has 2 aromatic heterocycles. The van der Waals surface area contributed by atoms with Crippen LogP contribution in [-0.4, -0.2) is 58.8 Å². The number of rotatable bonds is 6. The number of carbonyl (C=O) groups is 2. The lowest BCUT2D eigenvalue weighted by molar-refractivity contribution is 0.0444. The molecule has 3 aromatic rings. The van der Waals surface area contributed by atoms with Crippen LogP contribution >= 0.6 is 0 Å². The summed E-state index contributed by atoms with van der Waals surface area (Å²) in [6, 6.07) is 6.63. The Kier molecular flexibility index (Phi) is 5.94. The van der Waals surface area contributed by atoms with Crippen LogP contribution in [0.3, 0.4) is 0 Å². The van der Waals surface area contributed by atoms with E-state index in [2.05, 4.69) is 36.5 Å². The third kappa shape index (κ3) is 5.61. The van der Waals surface area contributed by atoms with Crippen molar-refractivity contribution in [2.45, 2.75) is 51.8 Å². The first-order valence-corrected chi connectivity index (χ1v) is 10.5. The molecule has 4 rings (SSSR count). The predicted octanol–water partition coefficient (Wildman–Crippen LogP) is 1.10. The molecule has 1 fully saturated rings. The molecule has 0 unspecified atom stereocenters. The van der Waals surface area contributed by atoms with Gasteiger partial charge in [-0.25, -0.2) is 14.7 Å². The average Bonchev–Trinajstić information content (AvgIpc) is 3.34. The zero-order valence-corrected chi connectivity index (χ0v) is 18.5. The monoisotopic (exact) mass is 455 g/mol. The molecule has 0 aliphatic heterocycles. The van der Waals surface area contributed by atoms with Crippen LogP contribution in [0.4, 0.5) is 10.5 Å². The van der Waals surface area contributed by atoms with Crippen molar-refractivity contribution in [2.75, 3.05) is 5.32 Å². The number of hydrogen-bond donors (Lipinski definition) is 3. The summed E-state index contributed by atoms with van der Waals surface area (Å²) in [5, 5.41) is 22.9. The van der Waals surface area contributed by atoms with E-state index in [0.29, 0.717) is 23.8 Å². The number of carbonyl (C=O) groups excluding carboxylic acids is 2. The Morgan fingerprint density at radius 3 is 2.55 bits per heavy atom. The standard InChI is InChI=1S/C20H25N9O4/c1-20(2,3)33-19(32)22-14-8-12(9-14)10-28-11-16(23-26-28)17(30)21-13-4-6-15(7-5-13)29-18(31)24-25-27-29/h4-7,11-12,14H,8-10H2,1-3H3,(H,21,30)(H,22,32)(H,24,27,31). The fraction of sp³-hybridized carbons (Fsp3) is 0.450. The molecule has 2 heterocycles. The molecule has 0 saturated heterocycles. The van der Waals surface area contributed by atoms with Crippen molar-refractivity contribution >= 4 is 17.7 Å². The van der Waals surface area contributed by atoms with E-state index >= 15 is 0 Å². The van der Waals surface area contributed by atoms with Gasteiger partial charge in [0.25, 0.3) is 5.91 Å². The molecule has 3 N–H and O–H groups in total. The molecule has 13 nitrogen and oxygen atoms in total. The van der Waals surface area contributed by atoms with Crippen LogP contribution in [0.5, 0.6) is 0 Å². The van der Waals surface area contributed by atoms with Gasteiger partial charge in [-0.3, -0.25) is 9.48 Å². The fourth-order valence-electron chi connectivity index (χ4n) is 3.48. The number of ether oxygens (including phenoxy) is 1. The smallest absolute Gasteiger partial charge is 0.407 e. The second kappa shape index (κ2) is 8.84. The number of nitrogens with zero attached hydrogens (tertiary/aromatic N) is 6. The van der Waals surface area contributed by atoms with Gasteiger partial charge in [0.1, 0.15) is 5.60 Å². The van der Waals surface area contributed by atoms with Gasteiger partial charge in [0.05, 0.1) is 11.9 Å². The van der Waals surface area contributed by atoms with Crippen LogP contribution in [0, 0.1) is 5.92 Å². The summed E-state index contributed by atoms with van der Waals surface area (Å²) in [4.78, 5) is 35.9. The summed E-state index contributed by atoms with van der Waals surface area (Å²) in [7, 11) is 0. The quantitative estimate of drug-likeness (QED) is 0.498. The third-order valence-corrected chi connectivity index (χ3v) is 5.02. The Morgan fingerprint density at radius 1 is 1.18 bits per heavy atom. The summed E-state index contributed by atoms with van der Waals surface area (Å²) >= 11 is 0. The summed E-state index contributed by atoms with van der Waals surface area (Å²) < 4.78 is 7.99. The number of tetrazole rings is 1. The second-order valence-corrected chi connectivity index (χ2v) is 8.93. The van der Waals surface area contributed by atoms with E-state index in [1.54, 1.807) is 35.1 Å². The number of nitrogens with one attached hydrogen (secondary N) is 3. The highest BCUT2D eigenvalue weighted by molar-refractivity contribution is 6.02. The van der Waals surface area contributed by atoms with Gasteiger partial charge in [0.2, 0.25) is 0 Å². The summed E-state index contributed by atoms with van der Waals surface area (Å²) in [6.07, 6.45) is 2.79. The van der Waals surface area contributed by atoms with Crippen molar-refractivity contribution in [3.8, 4) is 5.69 Å². The molecule has 0 atom stereocenters. The number of anilines is 1. The van der Waals surface area contributed by atoms with E-state index in [0.717, 1.165) is 17.5 Å². The van der Waals surface area contributed by atoms with E-state index in [4.69, 9.17) is 4.74 Å². The van der Waals surface area contributed by atoms with E-state index in [1.807, 2.05) is 20.8 Å². The Labute approximate surface area is 188 Å². The highest BCUT2D eigenvalue weighted by Gasteiger charge is 2.32. The zero-order valence-electron chi connectivity index (χ0n) is 18.5. The van der Waals surface area contributed by atoms with E-state index in [-0.39, 0.29) is 11.7 Å². The van der Waals surface area contributed by atoms with Crippen molar-refractivity contribution in [1.82, 2.24) is 40.5 Å². The summed E-state index contributed by atoms with van der Waals surface area (Å²) in [6.45, 7) is 6.08. The Hall–Kier alpha value is -4.03. The van der Waals surface area contributed by atoms with Gasteiger partial charge in [-0.15, -0.1) is 5.10 Å². The molecular formula is C20H25N9O4. The number of hydrogen-bond acceptors (Lipinski definition) is 8. The van der Waals surface area contributed by atoms with Crippen LogP contribution < -0.4 is 16.3 Å². The lowest BCUT2D eigenvalue weighted by Gasteiger charge is -2.35. The SMILES string of the molecule is CC(C)(C)OC(=O)NC1CC(Cn2cc(C(=O)Nc3ccc(-n4nn[nH]c4=O)cc3)nn2)C1. The van der Waals surface area contributed by atoms with Crippen LogP contribution in [0.25, 0.3) is 5.69 Å². The number of aromatic amines is 1. The third-order valence-electron chi connectivity index (χ3n) is 5.02. The minimum atomic E-state index is -0.524. The maximum atomic E-state index is 12.5. The first kappa shape index (κ1) is 22.2. The topological polar surface area (TPSA) is 162 Å². The average molecular weight is 455 g/mol. The van der Waals surface area contributed by atoms with E-state index in [1.165, 1.54) is 0 Å². The number of H-pyrrole nitrogens is 1. The van der Waals surface area contributed by atoms with Gasteiger partial charge in [-0.1, -0.05) is 5.21 Å². The van der Waals surface area contributed by atoms with Crippen LogP contribution in [0.15, 0.2) is 35.3 Å². The fourth-order valence-corrected chi connectivity index (χ4v) is 3.48. The molecule has 0 bridgehead atoms. The first-order chi connectivity index (χ1) is 15.7. The normalized spacial score (nSPS) is 17.8. The molecule has 1 saturated carbocycles. The molecule has 174 valence electrons. The van der Waals surface area contributed by atoms with Crippen LogP contribution in [-0.2, 0) is 11.3 Å². The Balaban J connectivity index is 1.25. The van der Waals surface area contributed by atoms with Gasteiger partial charge in [0.15, 0.2) is 5.69 Å². The largest absolute Gasteiger partial charge is 0.444 e. The summed E-state index contributed by atoms with van der Waals surface area (Å²) in [5.41, 5.74) is 0.252. The van der Waals surface area contributed by atoms with E-state index in [9.17, 15) is 14.4 Å². The minimum absolute atomic E-state index is 0.0761. The lowest BCUT2D eigenvalue weighted by Crippen LogP contribution is -2.47. The van der Waals surface area contributed by atoms with Crippen LogP contribution in [0.2, 0.25) is 0 Å². The maximum Gasteiger partial charge on any atom is 0.407 e. The van der Waals surface area contributed by atoms with Gasteiger partial charge >= 0.3 is 11.8 Å². The van der Waals surface area contributed by atoms with Gasteiger partial charge < -0.3 is 15.4 Å². The minimum Gasteiger partial charge on any atom is -0.444 e. The molecule has 33 heavy (non-hydrogen) atoms.